The number of piperidine rings is 1. The number of benzene rings is 2. The van der Waals surface area contributed by atoms with Crippen LogP contribution in [-0.2, 0) is 9.53 Å². The molecule has 0 aromatic heterocycles. The summed E-state index contributed by atoms with van der Waals surface area (Å²) in [6.45, 7) is 1.13. The van der Waals surface area contributed by atoms with Crippen molar-refractivity contribution in [2.24, 2.45) is 11.3 Å². The molecule has 1 aliphatic heterocycles. The summed E-state index contributed by atoms with van der Waals surface area (Å²) in [6, 6.07) is 16.5. The first kappa shape index (κ1) is 18.2. The summed E-state index contributed by atoms with van der Waals surface area (Å²) in [5.74, 6) is -0.503. The molecule has 2 fully saturated rings. The topological polar surface area (TPSA) is 66.8 Å². The van der Waals surface area contributed by atoms with Crippen molar-refractivity contribution in [2.45, 2.75) is 31.6 Å². The summed E-state index contributed by atoms with van der Waals surface area (Å²) in [4.78, 5) is 26.4. The molecule has 1 saturated carbocycles. The van der Waals surface area contributed by atoms with E-state index in [1.54, 1.807) is 4.90 Å². The van der Waals surface area contributed by atoms with Gasteiger partial charge >= 0.3 is 12.1 Å². The number of hydrogen-bond donors (Lipinski definition) is 1. The van der Waals surface area contributed by atoms with Gasteiger partial charge in [0.05, 0.1) is 5.41 Å². The Labute approximate surface area is 170 Å². The van der Waals surface area contributed by atoms with E-state index in [1.165, 1.54) is 22.3 Å². The van der Waals surface area contributed by atoms with Crippen LogP contribution >= 0.6 is 0 Å². The molecule has 29 heavy (non-hydrogen) atoms. The number of amides is 1. The second-order valence-electron chi connectivity index (χ2n) is 8.73. The van der Waals surface area contributed by atoms with Crippen LogP contribution in [0, 0.1) is 11.3 Å². The van der Waals surface area contributed by atoms with E-state index in [1.807, 2.05) is 24.3 Å². The van der Waals surface area contributed by atoms with Gasteiger partial charge in [-0.25, -0.2) is 4.79 Å². The molecule has 3 aliphatic rings. The van der Waals surface area contributed by atoms with E-state index in [4.69, 9.17) is 4.74 Å². The molecule has 2 aromatic carbocycles. The quantitative estimate of drug-likeness (QED) is 0.836. The van der Waals surface area contributed by atoms with E-state index >= 15 is 0 Å². The highest BCUT2D eigenvalue weighted by molar-refractivity contribution is 5.79. The van der Waals surface area contributed by atoms with Crippen LogP contribution in [0.15, 0.2) is 48.5 Å². The summed E-state index contributed by atoms with van der Waals surface area (Å²) < 4.78 is 5.76. The minimum Gasteiger partial charge on any atom is -0.481 e. The first-order valence-electron chi connectivity index (χ1n) is 10.4. The molecule has 2 aromatic rings. The number of nitrogens with zero attached hydrogens (tertiary/aromatic N) is 1. The summed E-state index contributed by atoms with van der Waals surface area (Å²) in [5, 5.41) is 9.78. The molecule has 0 radical (unpaired) electrons. The fourth-order valence-electron chi connectivity index (χ4n) is 5.61. The van der Waals surface area contributed by atoms with Gasteiger partial charge in [-0.1, -0.05) is 55.0 Å². The van der Waals surface area contributed by atoms with E-state index < -0.39 is 11.4 Å². The van der Waals surface area contributed by atoms with Crippen molar-refractivity contribution in [3.8, 4) is 11.1 Å². The number of carbonyl (C=O) groups excluding carboxylic acids is 1. The highest BCUT2D eigenvalue weighted by Crippen LogP contribution is 2.46. The minimum atomic E-state index is -0.799. The third-order valence-corrected chi connectivity index (χ3v) is 6.97. The first-order chi connectivity index (χ1) is 14.1. The highest BCUT2D eigenvalue weighted by atomic mass is 16.6. The van der Waals surface area contributed by atoms with Gasteiger partial charge in [-0.3, -0.25) is 4.79 Å². The van der Waals surface area contributed by atoms with Crippen LogP contribution in [0.3, 0.4) is 0 Å². The smallest absolute Gasteiger partial charge is 0.409 e. The van der Waals surface area contributed by atoms with Gasteiger partial charge in [0, 0.05) is 19.0 Å². The van der Waals surface area contributed by atoms with E-state index in [0.29, 0.717) is 19.4 Å². The van der Waals surface area contributed by atoms with Crippen molar-refractivity contribution in [1.82, 2.24) is 4.90 Å². The van der Waals surface area contributed by atoms with Crippen LogP contribution in [0.25, 0.3) is 11.1 Å². The Kier molecular flexibility index (Phi) is 4.34. The minimum absolute atomic E-state index is 0.0177. The Bertz CT molecular complexity index is 925. The number of aliphatic carboxylic acids is 1. The monoisotopic (exact) mass is 391 g/mol. The number of carboxylic acid groups (broad SMARTS) is 1. The van der Waals surface area contributed by atoms with Gasteiger partial charge in [0.15, 0.2) is 0 Å². The number of likely N-dealkylation sites (tertiary alicyclic amines) is 1. The Morgan fingerprint density at radius 2 is 1.72 bits per heavy atom. The number of rotatable bonds is 3. The van der Waals surface area contributed by atoms with Crippen molar-refractivity contribution in [3.63, 3.8) is 0 Å². The summed E-state index contributed by atoms with van der Waals surface area (Å²) >= 11 is 0. The third-order valence-electron chi connectivity index (χ3n) is 6.97. The molecule has 5 heteroatoms. The van der Waals surface area contributed by atoms with Gasteiger partial charge in [-0.05, 0) is 47.4 Å². The number of carbonyl (C=O) groups is 2. The predicted octanol–water partition coefficient (Wildman–Crippen LogP) is 4.51. The second-order valence-corrected chi connectivity index (χ2v) is 8.73. The summed E-state index contributed by atoms with van der Waals surface area (Å²) in [5.41, 5.74) is 3.95. The number of fused-ring (bicyclic) bond motifs is 5. The van der Waals surface area contributed by atoms with Gasteiger partial charge < -0.3 is 14.7 Å². The van der Waals surface area contributed by atoms with Crippen molar-refractivity contribution in [1.29, 1.82) is 0 Å². The van der Waals surface area contributed by atoms with Gasteiger partial charge in [-0.2, -0.15) is 0 Å². The van der Waals surface area contributed by atoms with Crippen LogP contribution in [-0.4, -0.2) is 41.8 Å². The van der Waals surface area contributed by atoms with Crippen molar-refractivity contribution < 1.29 is 19.4 Å². The average molecular weight is 391 g/mol. The lowest BCUT2D eigenvalue weighted by atomic mass is 9.66. The zero-order valence-corrected chi connectivity index (χ0v) is 16.3. The normalized spacial score (nSPS) is 25.2. The van der Waals surface area contributed by atoms with E-state index in [9.17, 15) is 14.7 Å². The maximum absolute atomic E-state index is 12.9. The molecule has 150 valence electrons. The standard InChI is InChI=1S/C24H25NO4/c26-22(27)24-11-5-6-16(12-24)13-25(15-24)23(28)29-14-21-19-9-3-1-7-17(19)18-8-2-4-10-20(18)21/h1-4,7-10,16,21H,5-6,11-15H2,(H,26,27). The maximum atomic E-state index is 12.9. The van der Waals surface area contributed by atoms with E-state index in [-0.39, 0.29) is 31.1 Å². The molecular weight excluding hydrogens is 366 g/mol. The third kappa shape index (κ3) is 3.00. The zero-order chi connectivity index (χ0) is 20.0. The van der Waals surface area contributed by atoms with Gasteiger partial charge in [-0.15, -0.1) is 0 Å². The summed E-state index contributed by atoms with van der Waals surface area (Å²) in [7, 11) is 0. The Balaban J connectivity index is 1.33. The van der Waals surface area contributed by atoms with Crippen LogP contribution in [0.5, 0.6) is 0 Å². The molecule has 2 atom stereocenters. The van der Waals surface area contributed by atoms with Crippen LogP contribution in [0.1, 0.15) is 42.7 Å². The lowest BCUT2D eigenvalue weighted by Gasteiger charge is -2.46. The highest BCUT2D eigenvalue weighted by Gasteiger charge is 2.49. The molecule has 2 aliphatic carbocycles. The van der Waals surface area contributed by atoms with Crippen molar-refractivity contribution in [2.75, 3.05) is 19.7 Å². The Morgan fingerprint density at radius 3 is 2.38 bits per heavy atom. The lowest BCUT2D eigenvalue weighted by Crippen LogP contribution is -2.55. The molecule has 2 unspecified atom stereocenters. The SMILES string of the molecule is O=C(OCC1c2ccccc2-c2ccccc21)N1CC2CCCC(C(=O)O)(C2)C1. The van der Waals surface area contributed by atoms with Gasteiger partial charge in [0.2, 0.25) is 0 Å². The second kappa shape index (κ2) is 6.90. The molecule has 2 bridgehead atoms. The average Bonchev–Trinajstić information content (AvgIpc) is 3.05. The first-order valence-corrected chi connectivity index (χ1v) is 10.4. The predicted molar refractivity (Wildman–Crippen MR) is 109 cm³/mol. The van der Waals surface area contributed by atoms with Crippen LogP contribution < -0.4 is 0 Å². The number of hydrogen-bond acceptors (Lipinski definition) is 3. The fourth-order valence-corrected chi connectivity index (χ4v) is 5.61. The van der Waals surface area contributed by atoms with Crippen molar-refractivity contribution in [3.05, 3.63) is 59.7 Å². The summed E-state index contributed by atoms with van der Waals surface area (Å²) in [6.07, 6.45) is 2.85. The van der Waals surface area contributed by atoms with Gasteiger partial charge in [0.25, 0.3) is 0 Å². The van der Waals surface area contributed by atoms with Gasteiger partial charge in [0.1, 0.15) is 6.61 Å². The van der Waals surface area contributed by atoms with E-state index in [2.05, 4.69) is 24.3 Å². The van der Waals surface area contributed by atoms with Crippen LogP contribution in [0.2, 0.25) is 0 Å². The lowest BCUT2D eigenvalue weighted by molar-refractivity contribution is -0.156. The van der Waals surface area contributed by atoms with E-state index in [0.717, 1.165) is 12.8 Å². The largest absolute Gasteiger partial charge is 0.481 e. The molecule has 1 N–H and O–H groups in total. The van der Waals surface area contributed by atoms with Crippen LogP contribution in [0.4, 0.5) is 4.79 Å². The Hall–Kier alpha value is -2.82. The number of ether oxygens (including phenoxy) is 1. The molecule has 5 rings (SSSR count). The van der Waals surface area contributed by atoms with Crippen molar-refractivity contribution >= 4 is 12.1 Å². The molecule has 1 heterocycles. The molecule has 0 spiro atoms. The molecule has 5 nitrogen and oxygen atoms in total. The maximum Gasteiger partial charge on any atom is 0.409 e. The molecule has 1 saturated heterocycles. The Morgan fingerprint density at radius 1 is 1.07 bits per heavy atom. The molecule has 1 amide bonds. The zero-order valence-electron chi connectivity index (χ0n) is 16.3. The number of carboxylic acids is 1. The fraction of sp³-hybridized carbons (Fsp3) is 0.417. The molecular formula is C24H25NO4.